The molecule has 2 heterocycles. The fraction of sp³-hybridized carbons (Fsp3) is 0.303. The van der Waals surface area contributed by atoms with E-state index in [1.165, 1.54) is 30.6 Å². The highest BCUT2D eigenvalue weighted by Gasteiger charge is 2.25. The number of nitrogens with zero attached hydrogens (tertiary/aromatic N) is 3. The van der Waals surface area contributed by atoms with Crippen molar-refractivity contribution in [1.82, 2.24) is 14.9 Å². The Kier molecular flexibility index (Phi) is 8.84. The van der Waals surface area contributed by atoms with Gasteiger partial charge in [0.2, 0.25) is 5.91 Å². The fourth-order valence-electron chi connectivity index (χ4n) is 5.28. The molecule has 1 aromatic heterocycles. The number of piperidine rings is 1. The van der Waals surface area contributed by atoms with Gasteiger partial charge in [-0.1, -0.05) is 20.4 Å². The molecule has 1 aliphatic rings. The summed E-state index contributed by atoms with van der Waals surface area (Å²) in [5, 5.41) is 3.96. The third-order valence-corrected chi connectivity index (χ3v) is 7.90. The van der Waals surface area contributed by atoms with E-state index in [4.69, 9.17) is 9.47 Å². The smallest absolute Gasteiger partial charge is 0.245 e. The SMILES string of the molecule is C=CC(=O)N1CCC(Oc2cc3c(Nc4cc(-c5ccc(F)cc5F)c(F)cc4C(C)CC)ncnc3cc2OC)CC1. The summed E-state index contributed by atoms with van der Waals surface area (Å²) in [7, 11) is 1.55. The topological polar surface area (TPSA) is 76.6 Å². The molecule has 0 spiro atoms. The van der Waals surface area contributed by atoms with E-state index in [1.54, 1.807) is 24.1 Å². The number of amides is 1. The Bertz CT molecular complexity index is 1670. The number of benzene rings is 3. The van der Waals surface area contributed by atoms with E-state index in [1.807, 2.05) is 13.8 Å². The van der Waals surface area contributed by atoms with Gasteiger partial charge in [-0.2, -0.15) is 0 Å². The Hall–Kier alpha value is -4.60. The molecule has 1 N–H and O–H groups in total. The first-order valence-corrected chi connectivity index (χ1v) is 14.2. The molecule has 0 radical (unpaired) electrons. The van der Waals surface area contributed by atoms with Gasteiger partial charge >= 0.3 is 0 Å². The minimum atomic E-state index is -0.859. The third kappa shape index (κ3) is 6.28. The average molecular weight is 591 g/mol. The van der Waals surface area contributed by atoms with Crippen molar-refractivity contribution in [3.8, 4) is 22.6 Å². The van der Waals surface area contributed by atoms with Crippen LogP contribution in [0.15, 0.2) is 61.4 Å². The van der Waals surface area contributed by atoms with E-state index >= 15 is 4.39 Å². The summed E-state index contributed by atoms with van der Waals surface area (Å²) in [6, 6.07) is 9.53. The maximum Gasteiger partial charge on any atom is 0.245 e. The average Bonchev–Trinajstić information content (AvgIpc) is 3.01. The molecule has 7 nitrogen and oxygen atoms in total. The lowest BCUT2D eigenvalue weighted by Gasteiger charge is -2.31. The van der Waals surface area contributed by atoms with Gasteiger partial charge < -0.3 is 19.7 Å². The Balaban J connectivity index is 1.53. The minimum absolute atomic E-state index is 0.00242. The molecule has 3 aromatic carbocycles. The number of likely N-dealkylation sites (tertiary alicyclic amines) is 1. The maximum atomic E-state index is 15.4. The van der Waals surface area contributed by atoms with Gasteiger partial charge in [0.15, 0.2) is 11.5 Å². The third-order valence-electron chi connectivity index (χ3n) is 7.90. The Morgan fingerprint density at radius 3 is 2.49 bits per heavy atom. The second-order valence-electron chi connectivity index (χ2n) is 10.6. The van der Waals surface area contributed by atoms with Crippen LogP contribution in [-0.2, 0) is 4.79 Å². The lowest BCUT2D eigenvalue weighted by molar-refractivity contribution is -0.127. The van der Waals surface area contributed by atoms with Crippen LogP contribution in [0, 0.1) is 17.5 Å². The molecule has 1 aliphatic heterocycles. The first-order chi connectivity index (χ1) is 20.7. The molecule has 1 fully saturated rings. The van der Waals surface area contributed by atoms with Crippen molar-refractivity contribution in [1.29, 1.82) is 0 Å². The van der Waals surface area contributed by atoms with Crippen LogP contribution in [0.1, 0.15) is 44.6 Å². The number of nitrogens with one attached hydrogen (secondary N) is 1. The zero-order chi connectivity index (χ0) is 30.7. The van der Waals surface area contributed by atoms with Gasteiger partial charge in [-0.25, -0.2) is 23.1 Å². The highest BCUT2D eigenvalue weighted by molar-refractivity contribution is 5.93. The quantitative estimate of drug-likeness (QED) is 0.203. The molecule has 0 bridgehead atoms. The van der Waals surface area contributed by atoms with Crippen molar-refractivity contribution in [2.45, 2.75) is 45.1 Å². The molecule has 10 heteroatoms. The molecule has 1 atom stereocenters. The van der Waals surface area contributed by atoms with E-state index < -0.39 is 17.5 Å². The predicted octanol–water partition coefficient (Wildman–Crippen LogP) is 7.54. The summed E-state index contributed by atoms with van der Waals surface area (Å²) in [5.41, 5.74) is 1.75. The highest BCUT2D eigenvalue weighted by Crippen LogP contribution is 2.39. The zero-order valence-electron chi connectivity index (χ0n) is 24.3. The number of halogens is 3. The molecule has 5 rings (SSSR count). The number of aromatic nitrogens is 2. The van der Waals surface area contributed by atoms with Gasteiger partial charge in [-0.15, -0.1) is 0 Å². The fourth-order valence-corrected chi connectivity index (χ4v) is 5.28. The van der Waals surface area contributed by atoms with Gasteiger partial charge in [0.1, 0.15) is 35.7 Å². The van der Waals surface area contributed by atoms with Gasteiger partial charge in [0.05, 0.1) is 12.6 Å². The van der Waals surface area contributed by atoms with Gasteiger partial charge in [0, 0.05) is 60.3 Å². The van der Waals surface area contributed by atoms with Crippen molar-refractivity contribution in [2.24, 2.45) is 0 Å². The maximum absolute atomic E-state index is 15.4. The number of rotatable bonds is 9. The standard InChI is InChI=1S/C33H33F3N4O3/c1-5-19(3)23-14-27(36)24(22-8-7-20(34)13-26(22)35)15-29(23)39-33-25-16-31(30(42-4)17-28(25)37-18-38-33)43-21-9-11-40(12-10-21)32(41)6-2/h6-8,13-19,21H,2,5,9-12H2,1,3-4H3,(H,37,38,39). The molecule has 1 saturated heterocycles. The predicted molar refractivity (Wildman–Crippen MR) is 160 cm³/mol. The summed E-state index contributed by atoms with van der Waals surface area (Å²) in [5.74, 6) is -0.914. The zero-order valence-corrected chi connectivity index (χ0v) is 24.3. The van der Waals surface area contributed by atoms with Crippen molar-refractivity contribution in [2.75, 3.05) is 25.5 Å². The summed E-state index contributed by atoms with van der Waals surface area (Å²) in [6.07, 6.45) is 4.61. The van der Waals surface area contributed by atoms with Crippen LogP contribution in [0.5, 0.6) is 11.5 Å². The normalized spacial score (nSPS) is 14.4. The largest absolute Gasteiger partial charge is 0.493 e. The number of hydrogen-bond acceptors (Lipinski definition) is 6. The molecule has 4 aromatic rings. The molecule has 1 unspecified atom stereocenters. The summed E-state index contributed by atoms with van der Waals surface area (Å²) in [4.78, 5) is 22.6. The van der Waals surface area contributed by atoms with E-state index in [0.29, 0.717) is 65.4 Å². The highest BCUT2D eigenvalue weighted by atomic mass is 19.1. The molecular weight excluding hydrogens is 557 g/mol. The summed E-state index contributed by atoms with van der Waals surface area (Å²) < 4.78 is 55.6. The molecule has 224 valence electrons. The van der Waals surface area contributed by atoms with Crippen molar-refractivity contribution < 1.29 is 27.4 Å². The van der Waals surface area contributed by atoms with E-state index in [9.17, 15) is 13.6 Å². The Labute approximate surface area is 248 Å². The second-order valence-corrected chi connectivity index (χ2v) is 10.6. The van der Waals surface area contributed by atoms with Crippen LogP contribution in [0.4, 0.5) is 24.7 Å². The summed E-state index contributed by atoms with van der Waals surface area (Å²) in [6.45, 7) is 8.64. The first-order valence-electron chi connectivity index (χ1n) is 14.2. The van der Waals surface area contributed by atoms with Crippen LogP contribution in [0.25, 0.3) is 22.0 Å². The Morgan fingerprint density at radius 2 is 1.81 bits per heavy atom. The number of methoxy groups -OCH3 is 1. The number of ether oxygens (including phenoxy) is 2. The van der Waals surface area contributed by atoms with Crippen LogP contribution in [-0.4, -0.2) is 47.1 Å². The van der Waals surface area contributed by atoms with Gasteiger partial charge in [-0.05, 0) is 54.3 Å². The van der Waals surface area contributed by atoms with Crippen LogP contribution >= 0.6 is 0 Å². The monoisotopic (exact) mass is 590 g/mol. The number of carbonyl (C=O) groups is 1. The molecule has 0 saturated carbocycles. The number of carbonyl (C=O) groups excluding carboxylic acids is 1. The lowest BCUT2D eigenvalue weighted by atomic mass is 9.93. The Morgan fingerprint density at radius 1 is 1.07 bits per heavy atom. The van der Waals surface area contributed by atoms with Crippen LogP contribution < -0.4 is 14.8 Å². The molecule has 1 amide bonds. The van der Waals surface area contributed by atoms with E-state index in [-0.39, 0.29) is 29.1 Å². The van der Waals surface area contributed by atoms with Crippen molar-refractivity contribution >= 4 is 28.3 Å². The van der Waals surface area contributed by atoms with E-state index in [0.717, 1.165) is 18.6 Å². The van der Waals surface area contributed by atoms with Gasteiger partial charge in [-0.3, -0.25) is 4.79 Å². The van der Waals surface area contributed by atoms with Crippen LogP contribution in [0.3, 0.4) is 0 Å². The number of anilines is 2. The van der Waals surface area contributed by atoms with Gasteiger partial charge in [0.25, 0.3) is 0 Å². The van der Waals surface area contributed by atoms with Crippen molar-refractivity contribution in [3.63, 3.8) is 0 Å². The van der Waals surface area contributed by atoms with E-state index in [2.05, 4.69) is 21.9 Å². The van der Waals surface area contributed by atoms with Crippen molar-refractivity contribution in [3.05, 3.63) is 84.5 Å². The molecule has 0 aliphatic carbocycles. The first kappa shape index (κ1) is 29.9. The molecular formula is C33H33F3N4O3. The lowest BCUT2D eigenvalue weighted by Crippen LogP contribution is -2.41. The number of hydrogen-bond donors (Lipinski definition) is 1. The minimum Gasteiger partial charge on any atom is -0.493 e. The summed E-state index contributed by atoms with van der Waals surface area (Å²) >= 11 is 0. The second kappa shape index (κ2) is 12.7. The van der Waals surface area contributed by atoms with Crippen LogP contribution in [0.2, 0.25) is 0 Å². The molecule has 43 heavy (non-hydrogen) atoms. The number of fused-ring (bicyclic) bond motifs is 1.